The fourth-order valence-electron chi connectivity index (χ4n) is 2.15. The second-order valence-electron chi connectivity index (χ2n) is 4.32. The van der Waals surface area contributed by atoms with E-state index in [0.29, 0.717) is 14.8 Å². The van der Waals surface area contributed by atoms with Crippen molar-refractivity contribution in [3.05, 3.63) is 39.1 Å². The average molecular weight is 341 g/mol. The third kappa shape index (κ3) is 1.93. The molecule has 0 radical (unpaired) electrons. The van der Waals surface area contributed by atoms with Crippen LogP contribution in [0.2, 0.25) is 0 Å². The average Bonchev–Trinajstić information content (AvgIpc) is 2.79. The first-order valence-electron chi connectivity index (χ1n) is 5.58. The van der Waals surface area contributed by atoms with Crippen molar-refractivity contribution in [1.29, 1.82) is 0 Å². The molecule has 4 nitrogen and oxygen atoms in total. The smallest absolute Gasteiger partial charge is 0.182 e. The van der Waals surface area contributed by atoms with Crippen LogP contribution in [0, 0.1) is 17.5 Å². The molecule has 0 aliphatic carbocycles. The van der Waals surface area contributed by atoms with Gasteiger partial charge in [-0.25, -0.2) is 4.39 Å². The van der Waals surface area contributed by atoms with E-state index in [-0.39, 0.29) is 5.82 Å². The predicted octanol–water partition coefficient (Wildman–Crippen LogP) is 3.63. The molecule has 0 unspecified atom stereocenters. The summed E-state index contributed by atoms with van der Waals surface area (Å²) in [6.45, 7) is 1.89. The first-order chi connectivity index (χ1) is 8.97. The van der Waals surface area contributed by atoms with Gasteiger partial charge in [-0.3, -0.25) is 9.25 Å². The molecule has 19 heavy (non-hydrogen) atoms. The normalized spacial score (nSPS) is 11.4. The Morgan fingerprint density at radius 2 is 2.16 bits per heavy atom. The number of hydrogen-bond donors (Lipinski definition) is 1. The third-order valence-electron chi connectivity index (χ3n) is 2.95. The van der Waals surface area contributed by atoms with Crippen LogP contribution in [0.25, 0.3) is 16.7 Å². The zero-order chi connectivity index (χ0) is 13.7. The Labute approximate surface area is 122 Å². The molecule has 98 valence electrons. The van der Waals surface area contributed by atoms with Crippen molar-refractivity contribution in [3.8, 4) is 5.69 Å². The van der Waals surface area contributed by atoms with Crippen LogP contribution in [0.3, 0.4) is 0 Å². The number of aryl methyl sites for hydroxylation is 2. The fraction of sp³-hybridized carbons (Fsp3) is 0.167. The number of rotatable bonds is 1. The number of hydrogen-bond acceptors (Lipinski definition) is 2. The van der Waals surface area contributed by atoms with Gasteiger partial charge in [-0.05, 0) is 41.1 Å². The van der Waals surface area contributed by atoms with Gasteiger partial charge in [0.15, 0.2) is 4.77 Å². The maximum Gasteiger partial charge on any atom is 0.182 e. The third-order valence-corrected chi connectivity index (χ3v) is 3.84. The van der Waals surface area contributed by atoms with Crippen LogP contribution in [-0.2, 0) is 7.05 Å². The fourth-order valence-corrected chi connectivity index (χ4v) is 2.80. The molecule has 0 amide bonds. The Morgan fingerprint density at radius 1 is 1.42 bits per heavy atom. The lowest BCUT2D eigenvalue weighted by Crippen LogP contribution is -1.95. The van der Waals surface area contributed by atoms with E-state index < -0.39 is 0 Å². The number of imidazole rings is 1. The van der Waals surface area contributed by atoms with Crippen molar-refractivity contribution >= 4 is 39.2 Å². The van der Waals surface area contributed by atoms with Crippen molar-refractivity contribution in [2.45, 2.75) is 6.92 Å². The monoisotopic (exact) mass is 340 g/mol. The zero-order valence-corrected chi connectivity index (χ0v) is 12.6. The van der Waals surface area contributed by atoms with Crippen LogP contribution >= 0.6 is 28.1 Å². The number of aromatic amines is 1. The topological polar surface area (TPSA) is 38.5 Å². The number of halogens is 2. The SMILES string of the molecule is Cc1nn(C)cc1-n1c(=S)[nH]c2cc(Br)c(F)cc21. The second kappa shape index (κ2) is 4.28. The highest BCUT2D eigenvalue weighted by Gasteiger charge is 2.13. The van der Waals surface area contributed by atoms with E-state index in [1.165, 1.54) is 6.07 Å². The van der Waals surface area contributed by atoms with E-state index >= 15 is 0 Å². The lowest BCUT2D eigenvalue weighted by Gasteiger charge is -2.02. The summed E-state index contributed by atoms with van der Waals surface area (Å²) in [5.74, 6) is -0.322. The summed E-state index contributed by atoms with van der Waals surface area (Å²) in [6, 6.07) is 3.14. The summed E-state index contributed by atoms with van der Waals surface area (Å²) in [7, 11) is 1.84. The summed E-state index contributed by atoms with van der Waals surface area (Å²) < 4.78 is 18.2. The molecule has 0 aliphatic heterocycles. The highest BCUT2D eigenvalue weighted by Crippen LogP contribution is 2.26. The molecule has 0 spiro atoms. The molecule has 2 aromatic heterocycles. The number of nitrogens with zero attached hydrogens (tertiary/aromatic N) is 3. The number of fused-ring (bicyclic) bond motifs is 1. The Balaban J connectivity index is 2.41. The van der Waals surface area contributed by atoms with Gasteiger partial charge in [0, 0.05) is 19.3 Å². The molecule has 3 aromatic rings. The van der Waals surface area contributed by atoms with Gasteiger partial charge in [0.1, 0.15) is 5.82 Å². The Bertz CT molecular complexity index is 845. The maximum absolute atomic E-state index is 13.7. The molecular formula is C12H10BrFN4S. The minimum Gasteiger partial charge on any atom is -0.330 e. The van der Waals surface area contributed by atoms with Crippen LogP contribution in [0.15, 0.2) is 22.8 Å². The molecule has 2 heterocycles. The molecule has 3 rings (SSSR count). The van der Waals surface area contributed by atoms with Crippen LogP contribution in [0.1, 0.15) is 5.69 Å². The molecule has 0 saturated heterocycles. The van der Waals surface area contributed by atoms with Crippen molar-refractivity contribution in [1.82, 2.24) is 19.3 Å². The highest BCUT2D eigenvalue weighted by molar-refractivity contribution is 9.10. The minimum absolute atomic E-state index is 0.322. The molecule has 1 N–H and O–H groups in total. The molecule has 1 aromatic carbocycles. The molecule has 0 aliphatic rings. The molecule has 0 saturated carbocycles. The van der Waals surface area contributed by atoms with Crippen LogP contribution in [-0.4, -0.2) is 19.3 Å². The van der Waals surface area contributed by atoms with Crippen molar-refractivity contribution in [2.75, 3.05) is 0 Å². The second-order valence-corrected chi connectivity index (χ2v) is 5.56. The van der Waals surface area contributed by atoms with Crippen molar-refractivity contribution < 1.29 is 4.39 Å². The van der Waals surface area contributed by atoms with E-state index in [1.807, 2.05) is 20.2 Å². The van der Waals surface area contributed by atoms with Gasteiger partial charge in [-0.1, -0.05) is 0 Å². The summed E-state index contributed by atoms with van der Waals surface area (Å²) in [5, 5.41) is 4.29. The van der Waals surface area contributed by atoms with Crippen LogP contribution in [0.5, 0.6) is 0 Å². The van der Waals surface area contributed by atoms with Gasteiger partial charge in [0.25, 0.3) is 0 Å². The summed E-state index contributed by atoms with van der Waals surface area (Å²) in [6.07, 6.45) is 1.86. The van der Waals surface area contributed by atoms with E-state index in [0.717, 1.165) is 16.9 Å². The Kier molecular flexibility index (Phi) is 2.83. The van der Waals surface area contributed by atoms with Crippen LogP contribution < -0.4 is 0 Å². The Hall–Kier alpha value is -1.47. The van der Waals surface area contributed by atoms with E-state index in [4.69, 9.17) is 12.2 Å². The zero-order valence-electron chi connectivity index (χ0n) is 10.2. The molecule has 0 bridgehead atoms. The summed E-state index contributed by atoms with van der Waals surface area (Å²) in [4.78, 5) is 3.07. The quantitative estimate of drug-likeness (QED) is 0.687. The highest BCUT2D eigenvalue weighted by atomic mass is 79.9. The molecule has 0 atom stereocenters. The number of nitrogens with one attached hydrogen (secondary N) is 1. The summed E-state index contributed by atoms with van der Waals surface area (Å²) in [5.41, 5.74) is 3.16. The molecule has 0 fully saturated rings. The van der Waals surface area contributed by atoms with Gasteiger partial charge in [0.05, 0.1) is 26.9 Å². The van der Waals surface area contributed by atoms with Gasteiger partial charge in [0.2, 0.25) is 0 Å². The van der Waals surface area contributed by atoms with E-state index in [9.17, 15) is 4.39 Å². The molecular weight excluding hydrogens is 331 g/mol. The number of H-pyrrole nitrogens is 1. The standard InChI is InChI=1S/C12H10BrFN4S/c1-6-11(5-17(2)16-6)18-10-4-8(14)7(13)3-9(10)15-12(18)19/h3-5H,1-2H3,(H,15,19). The van der Waals surface area contributed by atoms with Crippen LogP contribution in [0.4, 0.5) is 4.39 Å². The first-order valence-corrected chi connectivity index (χ1v) is 6.78. The lowest BCUT2D eigenvalue weighted by molar-refractivity contribution is 0.622. The van der Waals surface area contributed by atoms with Crippen molar-refractivity contribution in [3.63, 3.8) is 0 Å². The van der Waals surface area contributed by atoms with E-state index in [1.54, 1.807) is 15.3 Å². The largest absolute Gasteiger partial charge is 0.330 e. The van der Waals surface area contributed by atoms with Gasteiger partial charge < -0.3 is 4.98 Å². The van der Waals surface area contributed by atoms with Gasteiger partial charge >= 0.3 is 0 Å². The number of aromatic nitrogens is 4. The Morgan fingerprint density at radius 3 is 2.79 bits per heavy atom. The predicted molar refractivity (Wildman–Crippen MR) is 77.6 cm³/mol. The van der Waals surface area contributed by atoms with Gasteiger partial charge in [-0.15, -0.1) is 0 Å². The lowest BCUT2D eigenvalue weighted by atomic mass is 10.3. The van der Waals surface area contributed by atoms with Crippen molar-refractivity contribution in [2.24, 2.45) is 7.05 Å². The van der Waals surface area contributed by atoms with Gasteiger partial charge in [-0.2, -0.15) is 5.10 Å². The first kappa shape index (κ1) is 12.6. The maximum atomic E-state index is 13.7. The number of benzene rings is 1. The molecule has 7 heteroatoms. The van der Waals surface area contributed by atoms with E-state index in [2.05, 4.69) is 26.0 Å². The summed E-state index contributed by atoms with van der Waals surface area (Å²) >= 11 is 8.49. The minimum atomic E-state index is -0.322.